The molecule has 0 N–H and O–H groups in total. The largest absolute Gasteiger partial charge is 0.454 e. The summed E-state index contributed by atoms with van der Waals surface area (Å²) in [7, 11) is 0. The van der Waals surface area contributed by atoms with Crippen molar-refractivity contribution in [3.8, 4) is 0 Å². The maximum Gasteiger partial charge on any atom is 0.333 e. The summed E-state index contributed by atoms with van der Waals surface area (Å²) in [5.74, 6) is -0.347. The SMILES string of the molecule is C=C(C)C(=O)OC(C)c1c(C)ccc2ccccc12. The molecule has 2 heteroatoms. The van der Waals surface area contributed by atoms with E-state index in [-0.39, 0.29) is 12.1 Å². The van der Waals surface area contributed by atoms with Crippen molar-refractivity contribution in [3.63, 3.8) is 0 Å². The molecule has 1 atom stereocenters. The lowest BCUT2D eigenvalue weighted by Crippen LogP contribution is -2.10. The van der Waals surface area contributed by atoms with Crippen LogP contribution in [0.3, 0.4) is 0 Å². The molecule has 2 nitrogen and oxygen atoms in total. The van der Waals surface area contributed by atoms with Crippen LogP contribution in [0.15, 0.2) is 48.6 Å². The molecule has 0 aliphatic rings. The Morgan fingerprint density at radius 3 is 2.58 bits per heavy atom. The van der Waals surface area contributed by atoms with Gasteiger partial charge in [-0.15, -0.1) is 0 Å². The minimum atomic E-state index is -0.347. The van der Waals surface area contributed by atoms with Crippen LogP contribution >= 0.6 is 0 Å². The number of carbonyl (C=O) groups is 1. The average molecular weight is 254 g/mol. The first kappa shape index (κ1) is 13.3. The second kappa shape index (κ2) is 5.27. The zero-order chi connectivity index (χ0) is 14.0. The highest BCUT2D eigenvalue weighted by Gasteiger charge is 2.16. The Balaban J connectivity index is 2.46. The highest BCUT2D eigenvalue weighted by atomic mass is 16.5. The van der Waals surface area contributed by atoms with Crippen molar-refractivity contribution in [1.29, 1.82) is 0 Å². The third-order valence-corrected chi connectivity index (χ3v) is 3.23. The number of hydrogen-bond acceptors (Lipinski definition) is 2. The molecule has 0 aliphatic heterocycles. The molecule has 0 radical (unpaired) electrons. The second-order valence-electron chi connectivity index (χ2n) is 4.85. The van der Waals surface area contributed by atoms with Gasteiger partial charge in [0.1, 0.15) is 6.10 Å². The Labute approximate surface area is 113 Å². The fraction of sp³-hybridized carbons (Fsp3) is 0.235. The zero-order valence-corrected chi connectivity index (χ0v) is 11.6. The van der Waals surface area contributed by atoms with E-state index in [1.807, 2.05) is 26.0 Å². The Morgan fingerprint density at radius 2 is 1.89 bits per heavy atom. The predicted octanol–water partition coefficient (Wildman–Crippen LogP) is 4.33. The molecule has 0 bridgehead atoms. The fourth-order valence-electron chi connectivity index (χ4n) is 2.26. The molecule has 0 amide bonds. The summed E-state index contributed by atoms with van der Waals surface area (Å²) in [6.07, 6.45) is -0.282. The van der Waals surface area contributed by atoms with Crippen molar-refractivity contribution >= 4 is 16.7 Å². The molecule has 19 heavy (non-hydrogen) atoms. The summed E-state index contributed by atoms with van der Waals surface area (Å²) in [5.41, 5.74) is 2.61. The van der Waals surface area contributed by atoms with Crippen LogP contribution in [0.1, 0.15) is 31.1 Å². The van der Waals surface area contributed by atoms with Gasteiger partial charge in [0.25, 0.3) is 0 Å². The lowest BCUT2D eigenvalue weighted by Gasteiger charge is -2.18. The van der Waals surface area contributed by atoms with Crippen molar-refractivity contribution in [3.05, 3.63) is 59.7 Å². The standard InChI is InChI=1S/C17H18O2/c1-11(2)17(18)19-13(4)16-12(3)9-10-14-7-5-6-8-15(14)16/h5-10,13H,1H2,2-4H3. The van der Waals surface area contributed by atoms with E-state index < -0.39 is 0 Å². The number of aryl methyl sites for hydroxylation is 1. The van der Waals surface area contributed by atoms with Crippen LogP contribution in [0.4, 0.5) is 0 Å². The third-order valence-electron chi connectivity index (χ3n) is 3.23. The minimum absolute atomic E-state index is 0.282. The Bertz CT molecular complexity index is 641. The molecule has 2 aromatic rings. The van der Waals surface area contributed by atoms with Crippen LogP contribution in [0.5, 0.6) is 0 Å². The van der Waals surface area contributed by atoms with E-state index in [4.69, 9.17) is 4.74 Å². The third kappa shape index (κ3) is 2.68. The summed E-state index contributed by atoms with van der Waals surface area (Å²) < 4.78 is 5.45. The van der Waals surface area contributed by atoms with Gasteiger partial charge in [-0.05, 0) is 37.1 Å². The number of benzene rings is 2. The quantitative estimate of drug-likeness (QED) is 0.602. The molecule has 0 fully saturated rings. The van der Waals surface area contributed by atoms with Crippen molar-refractivity contribution in [2.24, 2.45) is 0 Å². The van der Waals surface area contributed by atoms with Gasteiger partial charge in [-0.25, -0.2) is 4.79 Å². The minimum Gasteiger partial charge on any atom is -0.454 e. The van der Waals surface area contributed by atoms with E-state index in [2.05, 4.69) is 30.8 Å². The molecule has 0 saturated carbocycles. The highest BCUT2D eigenvalue weighted by Crippen LogP contribution is 2.30. The number of rotatable bonds is 3. The topological polar surface area (TPSA) is 26.3 Å². The van der Waals surface area contributed by atoms with Crippen LogP contribution in [-0.2, 0) is 9.53 Å². The molecule has 1 unspecified atom stereocenters. The van der Waals surface area contributed by atoms with Crippen molar-refractivity contribution in [2.75, 3.05) is 0 Å². The van der Waals surface area contributed by atoms with Gasteiger partial charge in [0.15, 0.2) is 0 Å². The fourth-order valence-corrected chi connectivity index (χ4v) is 2.26. The summed E-state index contributed by atoms with van der Waals surface area (Å²) in [6, 6.07) is 12.3. The smallest absolute Gasteiger partial charge is 0.333 e. The maximum atomic E-state index is 11.7. The van der Waals surface area contributed by atoms with E-state index in [0.717, 1.165) is 21.9 Å². The summed E-state index contributed by atoms with van der Waals surface area (Å²) in [6.45, 7) is 9.20. The second-order valence-corrected chi connectivity index (χ2v) is 4.85. The van der Waals surface area contributed by atoms with Crippen LogP contribution in [0.2, 0.25) is 0 Å². The Morgan fingerprint density at radius 1 is 1.21 bits per heavy atom. The van der Waals surface area contributed by atoms with E-state index >= 15 is 0 Å². The molecule has 0 saturated heterocycles. The first-order valence-corrected chi connectivity index (χ1v) is 6.35. The van der Waals surface area contributed by atoms with Gasteiger partial charge in [-0.1, -0.05) is 43.0 Å². The lowest BCUT2D eigenvalue weighted by atomic mass is 9.96. The number of carbonyl (C=O) groups excluding carboxylic acids is 1. The monoisotopic (exact) mass is 254 g/mol. The van der Waals surface area contributed by atoms with E-state index in [9.17, 15) is 4.79 Å². The molecule has 2 rings (SSSR count). The first-order valence-electron chi connectivity index (χ1n) is 6.35. The molecule has 0 aromatic heterocycles. The average Bonchev–Trinajstić information content (AvgIpc) is 2.38. The Kier molecular flexibility index (Phi) is 3.70. The molecular weight excluding hydrogens is 236 g/mol. The van der Waals surface area contributed by atoms with Gasteiger partial charge in [0.2, 0.25) is 0 Å². The highest BCUT2D eigenvalue weighted by molar-refractivity contribution is 5.89. The molecule has 0 heterocycles. The van der Waals surface area contributed by atoms with Gasteiger partial charge < -0.3 is 4.74 Å². The predicted molar refractivity (Wildman–Crippen MR) is 78.0 cm³/mol. The van der Waals surface area contributed by atoms with Gasteiger partial charge in [0.05, 0.1) is 0 Å². The first-order chi connectivity index (χ1) is 9.00. The summed E-state index contributed by atoms with van der Waals surface area (Å²) >= 11 is 0. The maximum absolute atomic E-state index is 11.7. The van der Waals surface area contributed by atoms with Gasteiger partial charge in [-0.2, -0.15) is 0 Å². The van der Waals surface area contributed by atoms with Gasteiger partial charge in [0, 0.05) is 11.1 Å². The van der Waals surface area contributed by atoms with E-state index in [1.54, 1.807) is 6.92 Å². The lowest BCUT2D eigenvalue weighted by molar-refractivity contribution is -0.143. The number of fused-ring (bicyclic) bond motifs is 1. The van der Waals surface area contributed by atoms with Crippen molar-refractivity contribution in [1.82, 2.24) is 0 Å². The van der Waals surface area contributed by atoms with Crippen LogP contribution < -0.4 is 0 Å². The van der Waals surface area contributed by atoms with Gasteiger partial charge in [-0.3, -0.25) is 0 Å². The van der Waals surface area contributed by atoms with E-state index in [0.29, 0.717) is 5.57 Å². The molecule has 0 aliphatic carbocycles. The Hall–Kier alpha value is -2.09. The molecule has 0 spiro atoms. The molecule has 2 aromatic carbocycles. The zero-order valence-electron chi connectivity index (χ0n) is 11.6. The summed E-state index contributed by atoms with van der Waals surface area (Å²) in [5, 5.41) is 2.28. The summed E-state index contributed by atoms with van der Waals surface area (Å²) in [4.78, 5) is 11.7. The van der Waals surface area contributed by atoms with Gasteiger partial charge >= 0.3 is 5.97 Å². The van der Waals surface area contributed by atoms with E-state index in [1.165, 1.54) is 0 Å². The van der Waals surface area contributed by atoms with Crippen LogP contribution in [0.25, 0.3) is 10.8 Å². The normalized spacial score (nSPS) is 12.2. The number of ether oxygens (including phenoxy) is 1. The van der Waals surface area contributed by atoms with Crippen molar-refractivity contribution < 1.29 is 9.53 Å². The molecule has 98 valence electrons. The number of esters is 1. The van der Waals surface area contributed by atoms with Crippen molar-refractivity contribution in [2.45, 2.75) is 26.9 Å². The number of hydrogen-bond donors (Lipinski definition) is 0. The molecular formula is C17H18O2. The van der Waals surface area contributed by atoms with Crippen LogP contribution in [0, 0.1) is 6.92 Å². The van der Waals surface area contributed by atoms with Crippen LogP contribution in [-0.4, -0.2) is 5.97 Å².